The van der Waals surface area contributed by atoms with Crippen molar-refractivity contribution in [3.05, 3.63) is 0 Å². The van der Waals surface area contributed by atoms with Gasteiger partial charge in [-0.2, -0.15) is 0 Å². The number of carbonyl (C=O) groups is 1. The molecule has 0 aliphatic heterocycles. The Bertz CT molecular complexity index is 347. The van der Waals surface area contributed by atoms with Crippen LogP contribution in [0.4, 0.5) is 0 Å². The number of hydrogen-bond donors (Lipinski definition) is 1. The zero-order chi connectivity index (χ0) is 15.3. The van der Waals surface area contributed by atoms with Gasteiger partial charge in [0.15, 0.2) is 0 Å². The van der Waals surface area contributed by atoms with Crippen LogP contribution < -0.4 is 4.89 Å². The Hall–Kier alpha value is 0.380. The fourth-order valence-corrected chi connectivity index (χ4v) is 2.86. The van der Waals surface area contributed by atoms with Crippen molar-refractivity contribution < 1.29 is 18.0 Å². The van der Waals surface area contributed by atoms with Gasteiger partial charge >= 0.3 is 35.5 Å². The molecule has 0 aromatic heterocycles. The van der Waals surface area contributed by atoms with Crippen molar-refractivity contribution in [1.29, 1.82) is 0 Å². The van der Waals surface area contributed by atoms with Crippen molar-refractivity contribution in [3.63, 3.8) is 0 Å². The normalized spacial score (nSPS) is 11.0. The van der Waals surface area contributed by atoms with E-state index < -0.39 is 16.0 Å². The van der Waals surface area contributed by atoms with Crippen molar-refractivity contribution in [2.24, 2.45) is 0 Å². The van der Waals surface area contributed by atoms with Crippen molar-refractivity contribution >= 4 is 45.5 Å². The molecule has 0 bridgehead atoms. The van der Waals surface area contributed by atoms with Crippen LogP contribution in [0, 0.1) is 0 Å². The molecule has 122 valence electrons. The third kappa shape index (κ3) is 18.3. The van der Waals surface area contributed by atoms with Crippen molar-refractivity contribution in [2.45, 2.75) is 78.1 Å². The molecule has 0 saturated heterocycles. The first-order chi connectivity index (χ1) is 9.48. The van der Waals surface area contributed by atoms with Crippen LogP contribution in [-0.4, -0.2) is 49.7 Å². The predicted octanol–water partition coefficient (Wildman–Crippen LogP) is 2.66. The molecule has 0 radical (unpaired) electrons. The molecule has 0 aromatic rings. The van der Waals surface area contributed by atoms with Gasteiger partial charge in [-0.05, 0) is 11.3 Å². The molecule has 0 unspecified atom stereocenters. The quantitative estimate of drug-likeness (QED) is 0.320. The second kappa shape index (κ2) is 15.3. The number of carbonyl (C=O) groups excluding carboxylic acids is 1. The van der Waals surface area contributed by atoms with Crippen LogP contribution in [0.1, 0.15) is 78.1 Å². The number of hydrogen-bond acceptors (Lipinski definition) is 4. The fraction of sp³-hybridized carbons (Fsp3) is 0.929. The Morgan fingerprint density at radius 2 is 1.33 bits per heavy atom. The van der Waals surface area contributed by atoms with Gasteiger partial charge in [0.25, 0.3) is 0 Å². The first kappa shape index (κ1) is 23.6. The molecule has 0 aliphatic carbocycles. The van der Waals surface area contributed by atoms with E-state index in [2.05, 4.69) is 11.8 Å². The van der Waals surface area contributed by atoms with E-state index in [9.17, 15) is 13.2 Å². The summed E-state index contributed by atoms with van der Waals surface area (Å²) in [7, 11) is -3.48. The fourth-order valence-electron chi connectivity index (χ4n) is 1.94. The first-order valence-corrected chi connectivity index (χ1v) is 9.30. The predicted molar refractivity (Wildman–Crippen MR) is 87.7 cm³/mol. The van der Waals surface area contributed by atoms with Crippen LogP contribution in [0.2, 0.25) is 0 Å². The van der Waals surface area contributed by atoms with E-state index in [0.29, 0.717) is 6.42 Å². The molecule has 21 heavy (non-hydrogen) atoms. The summed E-state index contributed by atoms with van der Waals surface area (Å²) in [6.07, 6.45) is 11.5. The minimum absolute atomic E-state index is 0. The topological polar surface area (TPSA) is 72.5 Å². The Labute approximate surface area is 151 Å². The maximum absolute atomic E-state index is 11.4. The second-order valence-electron chi connectivity index (χ2n) is 5.18. The summed E-state index contributed by atoms with van der Waals surface area (Å²) in [5.41, 5.74) is 0. The van der Waals surface area contributed by atoms with Gasteiger partial charge in [0, 0.05) is 6.92 Å². The van der Waals surface area contributed by atoms with Gasteiger partial charge in [-0.3, -0.25) is 4.79 Å². The molecule has 0 atom stereocenters. The van der Waals surface area contributed by atoms with Crippen LogP contribution in [0.15, 0.2) is 0 Å². The molecule has 1 N–H and O–H groups in total. The Morgan fingerprint density at radius 1 is 0.905 bits per heavy atom. The van der Waals surface area contributed by atoms with Crippen molar-refractivity contribution in [3.8, 4) is 0 Å². The third-order valence-corrected chi connectivity index (χ3v) is 4.24. The summed E-state index contributed by atoms with van der Waals surface area (Å²) >= 11 is 0. The maximum atomic E-state index is 11.4. The molecule has 0 aliphatic rings. The average molecular weight is 331 g/mol. The van der Waals surface area contributed by atoms with E-state index in [-0.39, 0.29) is 35.3 Å². The number of rotatable bonds is 13. The summed E-state index contributed by atoms with van der Waals surface area (Å²) in [4.78, 5) is 16.6. The van der Waals surface area contributed by atoms with Crippen LogP contribution in [0.25, 0.3) is 0 Å². The molecular weight excluding hydrogens is 301 g/mol. The zero-order valence-corrected chi connectivity index (χ0v) is 13.6. The van der Waals surface area contributed by atoms with E-state index in [1.54, 1.807) is 0 Å². The van der Waals surface area contributed by atoms with Crippen LogP contribution in [0.3, 0.4) is 0 Å². The summed E-state index contributed by atoms with van der Waals surface area (Å²) in [6, 6.07) is 0. The molecule has 0 rings (SSSR count). The summed E-state index contributed by atoms with van der Waals surface area (Å²) in [6.45, 7) is 3.37. The van der Waals surface area contributed by atoms with E-state index >= 15 is 0 Å². The molecular formula is C14H30NNaO4S. The van der Waals surface area contributed by atoms with Gasteiger partial charge in [-0.15, -0.1) is 0 Å². The standard InChI is InChI=1S/C14H29NO4S.Na.H/c1-3-4-5-6-7-8-9-10-11-12-13-20(17,18)15-19-14(2)16;;/h15H,3-13H2,1-2H3;;. The van der Waals surface area contributed by atoms with Gasteiger partial charge in [-0.1, -0.05) is 64.7 Å². The molecule has 0 aromatic carbocycles. The van der Waals surface area contributed by atoms with Gasteiger partial charge < -0.3 is 4.84 Å². The van der Waals surface area contributed by atoms with Gasteiger partial charge in [-0.25, -0.2) is 8.42 Å². The van der Waals surface area contributed by atoms with Crippen LogP contribution in [-0.2, 0) is 19.7 Å². The minimum atomic E-state index is -3.48. The molecule has 0 amide bonds. The van der Waals surface area contributed by atoms with E-state index in [0.717, 1.165) is 19.8 Å². The SMILES string of the molecule is CCCCCCCCCCCCS(=O)(=O)NOC(C)=O.[NaH]. The summed E-state index contributed by atoms with van der Waals surface area (Å²) < 4.78 is 22.8. The van der Waals surface area contributed by atoms with E-state index in [4.69, 9.17) is 0 Å². The molecule has 0 saturated carbocycles. The van der Waals surface area contributed by atoms with Gasteiger partial charge in [0.2, 0.25) is 10.0 Å². The number of unbranched alkanes of at least 4 members (excludes halogenated alkanes) is 9. The van der Waals surface area contributed by atoms with Crippen LogP contribution >= 0.6 is 0 Å². The molecule has 7 heteroatoms. The van der Waals surface area contributed by atoms with Crippen molar-refractivity contribution in [2.75, 3.05) is 5.75 Å². The molecule has 0 spiro atoms. The Morgan fingerprint density at radius 3 is 1.76 bits per heavy atom. The first-order valence-electron chi connectivity index (χ1n) is 7.65. The van der Waals surface area contributed by atoms with Crippen LogP contribution in [0.5, 0.6) is 0 Å². The number of sulfonamides is 1. The molecule has 0 fully saturated rings. The van der Waals surface area contributed by atoms with Gasteiger partial charge in [0.1, 0.15) is 0 Å². The Kier molecular flexibility index (Phi) is 17.2. The van der Waals surface area contributed by atoms with E-state index in [1.165, 1.54) is 44.9 Å². The summed E-state index contributed by atoms with van der Waals surface area (Å²) in [5, 5.41) is 0. The number of nitrogens with one attached hydrogen (secondary N) is 1. The molecule has 0 heterocycles. The third-order valence-electron chi connectivity index (χ3n) is 3.08. The average Bonchev–Trinajstić information content (AvgIpc) is 2.39. The molecule has 5 nitrogen and oxygen atoms in total. The zero-order valence-electron chi connectivity index (χ0n) is 12.8. The monoisotopic (exact) mass is 331 g/mol. The van der Waals surface area contributed by atoms with E-state index in [1.807, 2.05) is 4.89 Å². The Balaban J connectivity index is 0. The van der Waals surface area contributed by atoms with Gasteiger partial charge in [0.05, 0.1) is 5.75 Å². The van der Waals surface area contributed by atoms with Crippen molar-refractivity contribution in [1.82, 2.24) is 4.89 Å². The second-order valence-corrected chi connectivity index (χ2v) is 6.98. The summed E-state index contributed by atoms with van der Waals surface area (Å²) in [5.74, 6) is -0.645.